The van der Waals surface area contributed by atoms with Gasteiger partial charge < -0.3 is 5.32 Å². The summed E-state index contributed by atoms with van der Waals surface area (Å²) in [5.41, 5.74) is 3.18. The van der Waals surface area contributed by atoms with E-state index in [4.69, 9.17) is 5.26 Å². The van der Waals surface area contributed by atoms with E-state index < -0.39 is 0 Å². The van der Waals surface area contributed by atoms with Gasteiger partial charge in [-0.15, -0.1) is 0 Å². The van der Waals surface area contributed by atoms with Gasteiger partial charge in [0.2, 0.25) is 0 Å². The second kappa shape index (κ2) is 5.85. The standard InChI is InChI=1S/C15H12BrFN2/c1-10-2-3-14(7-15(10)16)19-9-12-4-11(8-18)5-13(17)6-12/h2-7,19H,9H2,1H3. The maximum Gasteiger partial charge on any atom is 0.124 e. The first-order valence-corrected chi connectivity index (χ1v) is 6.57. The van der Waals surface area contributed by atoms with Crippen LogP contribution in [0.3, 0.4) is 0 Å². The van der Waals surface area contributed by atoms with E-state index in [1.165, 1.54) is 12.1 Å². The smallest absolute Gasteiger partial charge is 0.124 e. The Morgan fingerprint density at radius 3 is 2.74 bits per heavy atom. The highest BCUT2D eigenvalue weighted by Gasteiger charge is 2.02. The van der Waals surface area contributed by atoms with Gasteiger partial charge >= 0.3 is 0 Å². The third-order valence-electron chi connectivity index (χ3n) is 2.76. The predicted octanol–water partition coefficient (Wildman–Crippen LogP) is 4.38. The molecule has 0 heterocycles. The highest BCUT2D eigenvalue weighted by molar-refractivity contribution is 9.10. The molecule has 0 saturated heterocycles. The topological polar surface area (TPSA) is 35.8 Å². The van der Waals surface area contributed by atoms with Crippen molar-refractivity contribution in [1.82, 2.24) is 0 Å². The summed E-state index contributed by atoms with van der Waals surface area (Å²) in [6.45, 7) is 2.49. The summed E-state index contributed by atoms with van der Waals surface area (Å²) in [7, 11) is 0. The number of nitrogens with one attached hydrogen (secondary N) is 1. The Bertz CT molecular complexity index is 647. The molecule has 0 spiro atoms. The quantitative estimate of drug-likeness (QED) is 0.911. The lowest BCUT2D eigenvalue weighted by Gasteiger charge is -2.08. The zero-order chi connectivity index (χ0) is 13.8. The van der Waals surface area contributed by atoms with E-state index >= 15 is 0 Å². The first kappa shape index (κ1) is 13.6. The van der Waals surface area contributed by atoms with Crippen LogP contribution in [-0.4, -0.2) is 0 Å². The van der Waals surface area contributed by atoms with Gasteiger partial charge in [-0.05, 0) is 48.4 Å². The summed E-state index contributed by atoms with van der Waals surface area (Å²) in [6, 6.07) is 12.2. The Kier molecular flexibility index (Phi) is 4.18. The minimum atomic E-state index is -0.388. The van der Waals surface area contributed by atoms with Crippen molar-refractivity contribution in [2.24, 2.45) is 0 Å². The lowest BCUT2D eigenvalue weighted by Crippen LogP contribution is -2.00. The molecule has 4 heteroatoms. The number of aryl methyl sites for hydroxylation is 1. The Hall–Kier alpha value is -1.86. The van der Waals surface area contributed by atoms with Crippen molar-refractivity contribution in [2.45, 2.75) is 13.5 Å². The fourth-order valence-corrected chi connectivity index (χ4v) is 2.10. The Labute approximate surface area is 120 Å². The van der Waals surface area contributed by atoms with Gasteiger partial charge in [0.15, 0.2) is 0 Å². The molecule has 0 bridgehead atoms. The fourth-order valence-electron chi connectivity index (χ4n) is 1.72. The van der Waals surface area contributed by atoms with Crippen molar-refractivity contribution in [1.29, 1.82) is 5.26 Å². The molecule has 0 aliphatic heterocycles. The molecule has 19 heavy (non-hydrogen) atoms. The summed E-state index contributed by atoms with van der Waals surface area (Å²) in [5.74, 6) is -0.388. The van der Waals surface area contributed by atoms with E-state index in [1.54, 1.807) is 6.07 Å². The van der Waals surface area contributed by atoms with Crippen LogP contribution in [0.1, 0.15) is 16.7 Å². The van der Waals surface area contributed by atoms with Gasteiger partial charge in [-0.2, -0.15) is 5.26 Å². The molecule has 2 rings (SSSR count). The number of rotatable bonds is 3. The van der Waals surface area contributed by atoms with Crippen molar-refractivity contribution in [3.63, 3.8) is 0 Å². The summed E-state index contributed by atoms with van der Waals surface area (Å²) >= 11 is 3.46. The molecule has 2 aromatic rings. The molecule has 0 unspecified atom stereocenters. The molecule has 2 nitrogen and oxygen atoms in total. The fraction of sp³-hybridized carbons (Fsp3) is 0.133. The molecule has 0 saturated carbocycles. The average molecular weight is 319 g/mol. The first-order valence-electron chi connectivity index (χ1n) is 5.78. The van der Waals surface area contributed by atoms with Gasteiger partial charge in [0.1, 0.15) is 5.82 Å². The normalized spacial score (nSPS) is 10.0. The molecular formula is C15H12BrFN2. The number of anilines is 1. The molecule has 0 aliphatic rings. The number of nitriles is 1. The van der Waals surface area contributed by atoms with Crippen LogP contribution in [0.4, 0.5) is 10.1 Å². The van der Waals surface area contributed by atoms with Crippen LogP contribution in [0.15, 0.2) is 40.9 Å². The number of hydrogen-bond acceptors (Lipinski definition) is 2. The largest absolute Gasteiger partial charge is 0.381 e. The van der Waals surface area contributed by atoms with E-state index in [2.05, 4.69) is 21.2 Å². The number of hydrogen-bond donors (Lipinski definition) is 1. The van der Waals surface area contributed by atoms with Crippen molar-refractivity contribution in [3.8, 4) is 6.07 Å². The lowest BCUT2D eigenvalue weighted by atomic mass is 10.1. The third-order valence-corrected chi connectivity index (χ3v) is 3.61. The monoisotopic (exact) mass is 318 g/mol. The number of halogens is 2. The highest BCUT2D eigenvalue weighted by atomic mass is 79.9. The van der Waals surface area contributed by atoms with Crippen LogP contribution in [0.25, 0.3) is 0 Å². The van der Waals surface area contributed by atoms with Gasteiger partial charge in [0.25, 0.3) is 0 Å². The van der Waals surface area contributed by atoms with Gasteiger partial charge in [-0.25, -0.2) is 4.39 Å². The van der Waals surface area contributed by atoms with E-state index in [0.717, 1.165) is 21.3 Å². The van der Waals surface area contributed by atoms with Crippen LogP contribution < -0.4 is 5.32 Å². The summed E-state index contributed by atoms with van der Waals surface area (Å²) in [4.78, 5) is 0. The lowest BCUT2D eigenvalue weighted by molar-refractivity contribution is 0.625. The summed E-state index contributed by atoms with van der Waals surface area (Å²) < 4.78 is 14.3. The second-order valence-corrected chi connectivity index (χ2v) is 5.13. The zero-order valence-corrected chi connectivity index (χ0v) is 12.0. The molecule has 1 N–H and O–H groups in total. The van der Waals surface area contributed by atoms with E-state index in [-0.39, 0.29) is 5.82 Å². The van der Waals surface area contributed by atoms with Crippen LogP contribution in [0.5, 0.6) is 0 Å². The predicted molar refractivity (Wildman–Crippen MR) is 77.3 cm³/mol. The van der Waals surface area contributed by atoms with Crippen LogP contribution >= 0.6 is 15.9 Å². The van der Waals surface area contributed by atoms with Crippen molar-refractivity contribution < 1.29 is 4.39 Å². The van der Waals surface area contributed by atoms with Gasteiger partial charge in [-0.3, -0.25) is 0 Å². The summed E-state index contributed by atoms with van der Waals surface area (Å²) in [6.07, 6.45) is 0. The van der Waals surface area contributed by atoms with Crippen LogP contribution in [-0.2, 0) is 6.54 Å². The van der Waals surface area contributed by atoms with Gasteiger partial charge in [0.05, 0.1) is 11.6 Å². The molecule has 96 valence electrons. The zero-order valence-electron chi connectivity index (χ0n) is 10.4. The Balaban J connectivity index is 2.12. The molecule has 0 aromatic heterocycles. The van der Waals surface area contributed by atoms with E-state index in [9.17, 15) is 4.39 Å². The molecule has 2 aromatic carbocycles. The molecule has 0 radical (unpaired) electrons. The minimum absolute atomic E-state index is 0.335. The van der Waals surface area contributed by atoms with Gasteiger partial charge in [0, 0.05) is 16.7 Å². The molecular weight excluding hydrogens is 307 g/mol. The molecule has 0 atom stereocenters. The minimum Gasteiger partial charge on any atom is -0.381 e. The highest BCUT2D eigenvalue weighted by Crippen LogP contribution is 2.21. The Morgan fingerprint density at radius 2 is 2.05 bits per heavy atom. The first-order chi connectivity index (χ1) is 9.08. The van der Waals surface area contributed by atoms with E-state index in [0.29, 0.717) is 12.1 Å². The summed E-state index contributed by atoms with van der Waals surface area (Å²) in [5, 5.41) is 12.0. The van der Waals surface area contributed by atoms with Crippen LogP contribution in [0.2, 0.25) is 0 Å². The maximum absolute atomic E-state index is 13.3. The van der Waals surface area contributed by atoms with Crippen molar-refractivity contribution in [3.05, 3.63) is 63.4 Å². The third kappa shape index (κ3) is 3.55. The average Bonchev–Trinajstić information content (AvgIpc) is 2.39. The van der Waals surface area contributed by atoms with Crippen molar-refractivity contribution in [2.75, 3.05) is 5.32 Å². The maximum atomic E-state index is 13.3. The van der Waals surface area contributed by atoms with E-state index in [1.807, 2.05) is 31.2 Å². The molecule has 0 fully saturated rings. The van der Waals surface area contributed by atoms with Gasteiger partial charge in [-0.1, -0.05) is 22.0 Å². The molecule has 0 aliphatic carbocycles. The van der Waals surface area contributed by atoms with Crippen LogP contribution in [0, 0.1) is 24.1 Å². The second-order valence-electron chi connectivity index (χ2n) is 4.28. The number of benzene rings is 2. The SMILES string of the molecule is Cc1ccc(NCc2cc(F)cc(C#N)c2)cc1Br. The Morgan fingerprint density at radius 1 is 1.26 bits per heavy atom. The molecule has 0 amide bonds. The number of nitrogens with zero attached hydrogens (tertiary/aromatic N) is 1. The van der Waals surface area contributed by atoms with Crippen molar-refractivity contribution >= 4 is 21.6 Å².